The fraction of sp³-hybridized carbons (Fsp3) is 0.167. The minimum absolute atomic E-state index is 0. The molecule has 3 aromatic heterocycles. The summed E-state index contributed by atoms with van der Waals surface area (Å²) < 4.78 is 57.6. The number of hydrogen-bond donors (Lipinski definition) is 0. The zero-order valence-corrected chi connectivity index (χ0v) is 34.5. The zero-order valence-electron chi connectivity index (χ0n) is 37.3. The van der Waals surface area contributed by atoms with E-state index in [1.54, 1.807) is 35.7 Å². The van der Waals surface area contributed by atoms with Gasteiger partial charge in [0.05, 0.1) is 8.07 Å². The van der Waals surface area contributed by atoms with Gasteiger partial charge < -0.3 is 9.97 Å². The van der Waals surface area contributed by atoms with Crippen molar-refractivity contribution in [2.24, 2.45) is 0 Å². The Morgan fingerprint density at radius 2 is 1.45 bits per heavy atom. The summed E-state index contributed by atoms with van der Waals surface area (Å²) in [5, 5.41) is 3.49. The monoisotopic (exact) mass is 908 g/mol. The van der Waals surface area contributed by atoms with Gasteiger partial charge in [-0.25, -0.2) is 0 Å². The maximum atomic E-state index is 8.48. The molecule has 267 valence electrons. The third-order valence-electron chi connectivity index (χ3n) is 9.12. The molecule has 3 heterocycles. The van der Waals surface area contributed by atoms with Crippen LogP contribution in [0.4, 0.5) is 0 Å². The van der Waals surface area contributed by atoms with E-state index in [0.29, 0.717) is 16.8 Å². The topological polar surface area (TPSA) is 25.8 Å². The van der Waals surface area contributed by atoms with Crippen LogP contribution in [0.5, 0.6) is 0 Å². The molecule has 2 nitrogen and oxygen atoms in total. The largest absolute Gasteiger partial charge is 0.305 e. The van der Waals surface area contributed by atoms with E-state index in [1.807, 2.05) is 80.7 Å². The summed E-state index contributed by atoms with van der Waals surface area (Å²) in [7, 11) is -1.61. The molecule has 0 atom stereocenters. The van der Waals surface area contributed by atoms with E-state index in [-0.39, 0.29) is 25.7 Å². The van der Waals surface area contributed by atoms with Crippen LogP contribution in [-0.4, -0.2) is 18.0 Å². The smallest absolute Gasteiger partial charge is 0.0799 e. The van der Waals surface area contributed by atoms with Crippen molar-refractivity contribution in [3.8, 4) is 44.8 Å². The SMILES string of the molecule is [2H]C([2H])([2H])c1c[c-]c(-c2cc(C([2H])(C)C)c([Si](C)(C)C)cn2)cc1.[2H]C([2H])([2H])c1cc(-c2[c-]ccc3c2sc2cc(-c4ccccc4)ccc23)ncc1-c1ccccc1.[Ir]. The maximum Gasteiger partial charge on any atom is 0.0799 e. The molecule has 0 N–H and O–H groups in total. The van der Waals surface area contributed by atoms with Gasteiger partial charge in [0.2, 0.25) is 0 Å². The average Bonchev–Trinajstić information content (AvgIpc) is 3.58. The Hall–Kier alpha value is -4.51. The van der Waals surface area contributed by atoms with Gasteiger partial charge in [0.1, 0.15) is 0 Å². The first-order chi connectivity index (χ1) is 27.8. The number of fused-ring (bicyclic) bond motifs is 3. The number of rotatable bonds is 6. The van der Waals surface area contributed by atoms with Crippen molar-refractivity contribution in [1.29, 1.82) is 0 Å². The van der Waals surface area contributed by atoms with E-state index in [0.717, 1.165) is 38.0 Å². The molecule has 5 aromatic carbocycles. The predicted octanol–water partition coefficient (Wildman–Crippen LogP) is 13.1. The molecule has 0 aliphatic heterocycles. The van der Waals surface area contributed by atoms with Gasteiger partial charge in [-0.3, -0.25) is 0 Å². The quantitative estimate of drug-likeness (QED) is 0.123. The van der Waals surface area contributed by atoms with Crippen molar-refractivity contribution in [2.45, 2.75) is 53.1 Å². The third kappa shape index (κ3) is 8.35. The van der Waals surface area contributed by atoms with Crippen molar-refractivity contribution < 1.29 is 29.7 Å². The Balaban J connectivity index is 0.000000213. The molecule has 0 spiro atoms. The van der Waals surface area contributed by atoms with Gasteiger partial charge in [0.25, 0.3) is 0 Å². The minimum atomic E-state index is -2.26. The Bertz CT molecular complexity index is 2760. The van der Waals surface area contributed by atoms with Crippen molar-refractivity contribution in [2.75, 3.05) is 0 Å². The number of hydrogen-bond acceptors (Lipinski definition) is 3. The number of thiophene rings is 1. The summed E-state index contributed by atoms with van der Waals surface area (Å²) in [6, 6.07) is 45.3. The first-order valence-electron chi connectivity index (χ1n) is 20.8. The molecule has 0 amide bonds. The summed E-state index contributed by atoms with van der Waals surface area (Å²) >= 11 is 1.69. The Kier molecular flexibility index (Phi) is 9.16. The normalized spacial score (nSPS) is 13.9. The van der Waals surface area contributed by atoms with Gasteiger partial charge >= 0.3 is 0 Å². The fourth-order valence-corrected chi connectivity index (χ4v) is 9.21. The van der Waals surface area contributed by atoms with Crippen molar-refractivity contribution in [3.63, 3.8) is 0 Å². The molecule has 0 bridgehead atoms. The third-order valence-corrected chi connectivity index (χ3v) is 12.3. The van der Waals surface area contributed by atoms with Crippen LogP contribution in [-0.2, 0) is 20.1 Å². The first-order valence-corrected chi connectivity index (χ1v) is 21.6. The molecule has 5 heteroatoms. The number of pyridine rings is 2. The second kappa shape index (κ2) is 16.2. The summed E-state index contributed by atoms with van der Waals surface area (Å²) in [6.45, 7) is 6.12. The molecule has 8 aromatic rings. The molecule has 0 aliphatic rings. The van der Waals surface area contributed by atoms with Crippen molar-refractivity contribution in [3.05, 3.63) is 163 Å². The number of aryl methyl sites for hydroxylation is 2. The Morgan fingerprint density at radius 3 is 2.11 bits per heavy atom. The van der Waals surface area contributed by atoms with Crippen LogP contribution >= 0.6 is 11.3 Å². The van der Waals surface area contributed by atoms with Crippen LogP contribution in [0.2, 0.25) is 19.6 Å². The molecule has 0 fully saturated rings. The van der Waals surface area contributed by atoms with Gasteiger partial charge in [-0.15, -0.1) is 59.2 Å². The molecule has 0 unspecified atom stereocenters. The van der Waals surface area contributed by atoms with Gasteiger partial charge in [0.15, 0.2) is 0 Å². The summed E-state index contributed by atoms with van der Waals surface area (Å²) in [4.78, 5) is 9.27. The average molecular weight is 908 g/mol. The molecule has 1 radical (unpaired) electrons. The molecule has 53 heavy (non-hydrogen) atoms. The second-order valence-electron chi connectivity index (χ2n) is 14.1. The maximum absolute atomic E-state index is 8.48. The molecule has 0 aliphatic carbocycles. The minimum Gasteiger partial charge on any atom is -0.305 e. The van der Waals surface area contributed by atoms with Crippen molar-refractivity contribution in [1.82, 2.24) is 9.97 Å². The van der Waals surface area contributed by atoms with Gasteiger partial charge in [-0.1, -0.05) is 136 Å². The van der Waals surface area contributed by atoms with E-state index in [4.69, 9.17) is 14.6 Å². The van der Waals surface area contributed by atoms with E-state index in [9.17, 15) is 0 Å². The zero-order chi connectivity index (χ0) is 42.3. The van der Waals surface area contributed by atoms with Gasteiger partial charge in [-0.05, 0) is 67.7 Å². The standard InChI is InChI=1S/C30H20NS.C18H24NSi.Ir/c1-20-17-28(31-19-27(20)22-11-6-3-7-12-22)26-14-8-13-25-24-16-15-23(18-29(24)32-30(25)26)21-9-4-2-5-10-21;1-13(2)16-11-17(15-9-7-14(3)8-10-15)19-12-18(16)20(4,5)6;/h2-13,15-19H,1H3;7-9,11-13H,1-6H3;/q2*-1;/i1D3;3D3,13D;. The number of nitrogens with zero attached hydrogens (tertiary/aromatic N) is 2. The van der Waals surface area contributed by atoms with Crippen LogP contribution in [0.1, 0.15) is 46.0 Å². The van der Waals surface area contributed by atoms with Crippen LogP contribution in [0, 0.1) is 25.8 Å². The molecule has 8 rings (SSSR count). The number of benzene rings is 5. The van der Waals surface area contributed by atoms with E-state index < -0.39 is 27.7 Å². The van der Waals surface area contributed by atoms with E-state index in [1.165, 1.54) is 32.5 Å². The van der Waals surface area contributed by atoms with Crippen LogP contribution < -0.4 is 5.19 Å². The second-order valence-corrected chi connectivity index (χ2v) is 20.2. The van der Waals surface area contributed by atoms with Crippen LogP contribution in [0.25, 0.3) is 64.9 Å². The van der Waals surface area contributed by atoms with Gasteiger partial charge in [0, 0.05) is 52.4 Å². The predicted molar refractivity (Wildman–Crippen MR) is 227 cm³/mol. The molecular formula is C48H44IrN2SSi-2. The summed E-state index contributed by atoms with van der Waals surface area (Å²) in [5.41, 5.74) is 8.30. The molecule has 0 saturated carbocycles. The van der Waals surface area contributed by atoms with Gasteiger partial charge in [-0.2, -0.15) is 11.3 Å². The van der Waals surface area contributed by atoms with E-state index >= 15 is 0 Å². The fourth-order valence-electron chi connectivity index (χ4n) is 6.38. The molecular weight excluding hydrogens is 857 g/mol. The Morgan fingerprint density at radius 1 is 0.717 bits per heavy atom. The van der Waals surface area contributed by atoms with Crippen LogP contribution in [0.15, 0.2) is 134 Å². The number of aromatic nitrogens is 2. The van der Waals surface area contributed by atoms with E-state index in [2.05, 4.69) is 73.2 Å². The summed E-state index contributed by atoms with van der Waals surface area (Å²) in [5.74, 6) is -0.716. The summed E-state index contributed by atoms with van der Waals surface area (Å²) in [6.07, 6.45) is 3.57. The van der Waals surface area contributed by atoms with Crippen LogP contribution in [0.3, 0.4) is 0 Å². The van der Waals surface area contributed by atoms with Crippen molar-refractivity contribution >= 4 is 44.8 Å². The Labute approximate surface area is 343 Å². The first kappa shape index (κ1) is 29.9. The molecule has 0 saturated heterocycles.